The van der Waals surface area contributed by atoms with Gasteiger partial charge in [-0.3, -0.25) is 24.6 Å². The molecule has 0 spiro atoms. The van der Waals surface area contributed by atoms with Crippen LogP contribution in [-0.4, -0.2) is 40.2 Å². The van der Waals surface area contributed by atoms with Crippen molar-refractivity contribution in [2.75, 3.05) is 18.5 Å². The van der Waals surface area contributed by atoms with Crippen molar-refractivity contribution in [3.63, 3.8) is 0 Å². The SMILES string of the molecule is CC(c1cccc([N+](=O)[O-])c1)N(C)C(=O)Cc1csc(N2CCCC2=O)n1. The lowest BCUT2D eigenvalue weighted by atomic mass is 10.1. The third kappa shape index (κ3) is 4.13. The summed E-state index contributed by atoms with van der Waals surface area (Å²) in [6.07, 6.45) is 1.49. The molecule has 3 rings (SSSR count). The number of nitro benzene ring substituents is 1. The second kappa shape index (κ2) is 7.83. The Balaban J connectivity index is 1.67. The van der Waals surface area contributed by atoms with Crippen LogP contribution in [0.1, 0.15) is 37.1 Å². The molecule has 2 heterocycles. The first kappa shape index (κ1) is 19.0. The van der Waals surface area contributed by atoms with Crippen molar-refractivity contribution in [3.8, 4) is 0 Å². The van der Waals surface area contributed by atoms with Gasteiger partial charge in [-0.05, 0) is 18.9 Å². The van der Waals surface area contributed by atoms with E-state index in [0.717, 1.165) is 6.42 Å². The van der Waals surface area contributed by atoms with Gasteiger partial charge in [-0.15, -0.1) is 11.3 Å². The molecule has 2 aromatic rings. The summed E-state index contributed by atoms with van der Waals surface area (Å²) < 4.78 is 0. The van der Waals surface area contributed by atoms with Gasteiger partial charge in [-0.25, -0.2) is 4.98 Å². The predicted molar refractivity (Wildman–Crippen MR) is 102 cm³/mol. The molecule has 142 valence electrons. The minimum atomic E-state index is -0.450. The number of rotatable bonds is 6. The van der Waals surface area contributed by atoms with Crippen LogP contribution >= 0.6 is 11.3 Å². The van der Waals surface area contributed by atoms with Crippen LogP contribution in [0.4, 0.5) is 10.8 Å². The van der Waals surface area contributed by atoms with Crippen molar-refractivity contribution in [3.05, 3.63) is 51.0 Å². The van der Waals surface area contributed by atoms with Crippen molar-refractivity contribution in [2.45, 2.75) is 32.2 Å². The van der Waals surface area contributed by atoms with E-state index in [9.17, 15) is 19.7 Å². The fraction of sp³-hybridized carbons (Fsp3) is 0.389. The maximum absolute atomic E-state index is 12.6. The van der Waals surface area contributed by atoms with Gasteiger partial charge in [0.2, 0.25) is 11.8 Å². The van der Waals surface area contributed by atoms with E-state index >= 15 is 0 Å². The quantitative estimate of drug-likeness (QED) is 0.560. The fourth-order valence-electron chi connectivity index (χ4n) is 2.97. The zero-order valence-electron chi connectivity index (χ0n) is 15.1. The number of benzene rings is 1. The third-order valence-electron chi connectivity index (χ3n) is 4.71. The van der Waals surface area contributed by atoms with Gasteiger partial charge >= 0.3 is 0 Å². The number of amides is 2. The predicted octanol–water partition coefficient (Wildman–Crippen LogP) is 2.94. The minimum absolute atomic E-state index is 0.000350. The van der Waals surface area contributed by atoms with Crippen LogP contribution in [0, 0.1) is 10.1 Å². The van der Waals surface area contributed by atoms with Crippen LogP contribution in [0.3, 0.4) is 0 Å². The topological polar surface area (TPSA) is 96.6 Å². The highest BCUT2D eigenvalue weighted by molar-refractivity contribution is 7.14. The molecule has 9 heteroatoms. The van der Waals surface area contributed by atoms with E-state index in [1.54, 1.807) is 34.4 Å². The van der Waals surface area contributed by atoms with E-state index in [-0.39, 0.29) is 30.0 Å². The number of nitrogens with zero attached hydrogens (tertiary/aromatic N) is 4. The summed E-state index contributed by atoms with van der Waals surface area (Å²) in [7, 11) is 1.67. The Morgan fingerprint density at radius 2 is 2.26 bits per heavy atom. The smallest absolute Gasteiger partial charge is 0.269 e. The molecule has 0 N–H and O–H groups in total. The number of carbonyl (C=O) groups is 2. The monoisotopic (exact) mass is 388 g/mol. The summed E-state index contributed by atoms with van der Waals surface area (Å²) >= 11 is 1.36. The minimum Gasteiger partial charge on any atom is -0.339 e. The highest BCUT2D eigenvalue weighted by Crippen LogP contribution is 2.27. The van der Waals surface area contributed by atoms with Gasteiger partial charge in [0.15, 0.2) is 5.13 Å². The van der Waals surface area contributed by atoms with Crippen LogP contribution in [-0.2, 0) is 16.0 Å². The number of carbonyl (C=O) groups excluding carboxylic acids is 2. The molecule has 1 atom stereocenters. The molecule has 2 amide bonds. The van der Waals surface area contributed by atoms with Gasteiger partial charge in [0, 0.05) is 37.5 Å². The molecule has 8 nitrogen and oxygen atoms in total. The highest BCUT2D eigenvalue weighted by Gasteiger charge is 2.25. The van der Waals surface area contributed by atoms with Gasteiger partial charge in [-0.1, -0.05) is 12.1 Å². The molecular formula is C18H20N4O4S. The number of aromatic nitrogens is 1. The molecule has 1 aromatic heterocycles. The first-order valence-corrected chi connectivity index (χ1v) is 9.49. The van der Waals surface area contributed by atoms with Gasteiger partial charge in [-0.2, -0.15) is 0 Å². The lowest BCUT2D eigenvalue weighted by Gasteiger charge is -2.25. The molecule has 1 saturated heterocycles. The zero-order valence-corrected chi connectivity index (χ0v) is 15.9. The maximum atomic E-state index is 12.6. The molecule has 27 heavy (non-hydrogen) atoms. The molecule has 1 unspecified atom stereocenters. The number of non-ortho nitro benzene ring substituents is 1. The number of anilines is 1. The normalized spacial score (nSPS) is 15.0. The van der Waals surface area contributed by atoms with Crippen molar-refractivity contribution in [2.24, 2.45) is 0 Å². The van der Waals surface area contributed by atoms with Crippen LogP contribution in [0.25, 0.3) is 0 Å². The summed E-state index contributed by atoms with van der Waals surface area (Å²) in [6, 6.07) is 5.97. The van der Waals surface area contributed by atoms with Crippen molar-refractivity contribution in [1.29, 1.82) is 0 Å². The van der Waals surface area contributed by atoms with E-state index in [1.165, 1.54) is 23.5 Å². The Morgan fingerprint density at radius 1 is 1.48 bits per heavy atom. The summed E-state index contributed by atoms with van der Waals surface area (Å²) in [5.74, 6) is -0.0720. The Hall–Kier alpha value is -2.81. The maximum Gasteiger partial charge on any atom is 0.269 e. The molecular weight excluding hydrogens is 368 g/mol. The number of thiazole rings is 1. The number of nitro groups is 1. The molecule has 1 aromatic carbocycles. The van der Waals surface area contributed by atoms with Gasteiger partial charge in [0.25, 0.3) is 5.69 Å². The number of hydrogen-bond acceptors (Lipinski definition) is 6. The van der Waals surface area contributed by atoms with Gasteiger partial charge in [0.1, 0.15) is 0 Å². The lowest BCUT2D eigenvalue weighted by Crippen LogP contribution is -2.31. The van der Waals surface area contributed by atoms with E-state index < -0.39 is 4.92 Å². The van der Waals surface area contributed by atoms with Crippen LogP contribution in [0.15, 0.2) is 29.6 Å². The summed E-state index contributed by atoms with van der Waals surface area (Å²) in [6.45, 7) is 2.50. The Morgan fingerprint density at radius 3 is 2.93 bits per heavy atom. The second-order valence-electron chi connectivity index (χ2n) is 6.48. The van der Waals surface area contributed by atoms with Crippen molar-refractivity contribution >= 4 is 34.0 Å². The van der Waals surface area contributed by atoms with E-state index in [1.807, 2.05) is 6.92 Å². The Kier molecular flexibility index (Phi) is 5.50. The Labute approximate surface area is 160 Å². The molecule has 0 bridgehead atoms. The zero-order chi connectivity index (χ0) is 19.6. The molecule has 0 saturated carbocycles. The standard InChI is InChI=1S/C18H20N4O4S/c1-12(13-5-3-6-15(9-13)22(25)26)20(2)17(24)10-14-11-27-18(19-14)21-8-4-7-16(21)23/h3,5-6,9,11-12H,4,7-8,10H2,1-2H3. The summed E-state index contributed by atoms with van der Waals surface area (Å²) in [5, 5.41) is 13.4. The number of hydrogen-bond donors (Lipinski definition) is 0. The van der Waals surface area contributed by atoms with Crippen LogP contribution < -0.4 is 4.90 Å². The Bertz CT molecular complexity index is 882. The lowest BCUT2D eigenvalue weighted by molar-refractivity contribution is -0.384. The number of likely N-dealkylation sites (N-methyl/N-ethyl adjacent to an activating group) is 1. The average Bonchev–Trinajstić information content (AvgIpc) is 3.29. The summed E-state index contributed by atoms with van der Waals surface area (Å²) in [5.41, 5.74) is 1.32. The second-order valence-corrected chi connectivity index (χ2v) is 7.32. The summed E-state index contributed by atoms with van der Waals surface area (Å²) in [4.78, 5) is 42.6. The van der Waals surface area contributed by atoms with Gasteiger partial charge < -0.3 is 4.90 Å². The first-order valence-electron chi connectivity index (χ1n) is 8.61. The van der Waals surface area contributed by atoms with E-state index in [4.69, 9.17) is 0 Å². The fourth-order valence-corrected chi connectivity index (χ4v) is 3.84. The first-order chi connectivity index (χ1) is 12.9. The molecule has 0 aliphatic carbocycles. The molecule has 1 fully saturated rings. The van der Waals surface area contributed by atoms with E-state index in [0.29, 0.717) is 29.4 Å². The average molecular weight is 388 g/mol. The van der Waals surface area contributed by atoms with Crippen molar-refractivity contribution < 1.29 is 14.5 Å². The largest absolute Gasteiger partial charge is 0.339 e. The highest BCUT2D eigenvalue weighted by atomic mass is 32.1. The van der Waals surface area contributed by atoms with Crippen LogP contribution in [0.5, 0.6) is 0 Å². The van der Waals surface area contributed by atoms with Crippen LogP contribution in [0.2, 0.25) is 0 Å². The van der Waals surface area contributed by atoms with Crippen molar-refractivity contribution in [1.82, 2.24) is 9.88 Å². The van der Waals surface area contributed by atoms with Gasteiger partial charge in [0.05, 0.1) is 23.1 Å². The molecule has 1 aliphatic heterocycles. The van der Waals surface area contributed by atoms with E-state index in [2.05, 4.69) is 4.98 Å². The molecule has 0 radical (unpaired) electrons. The molecule has 1 aliphatic rings. The third-order valence-corrected chi connectivity index (χ3v) is 5.63.